The van der Waals surface area contributed by atoms with Gasteiger partial charge in [0.15, 0.2) is 23.8 Å². The Morgan fingerprint density at radius 3 is 2.57 bits per heavy atom. The van der Waals surface area contributed by atoms with Crippen LogP contribution in [0.3, 0.4) is 0 Å². The van der Waals surface area contributed by atoms with Gasteiger partial charge in [0.05, 0.1) is 18.5 Å². The third kappa shape index (κ3) is 4.30. The Bertz CT molecular complexity index is 1170. The van der Waals surface area contributed by atoms with Gasteiger partial charge in [-0.3, -0.25) is 14.3 Å². The van der Waals surface area contributed by atoms with E-state index in [-0.39, 0.29) is 12.2 Å². The van der Waals surface area contributed by atoms with Crippen LogP contribution in [-0.4, -0.2) is 35.2 Å². The molecule has 0 bridgehead atoms. The lowest BCUT2D eigenvalue weighted by Gasteiger charge is -2.11. The molecule has 0 aliphatic carbocycles. The molecule has 156 valence electrons. The zero-order chi connectivity index (χ0) is 21.8. The second-order valence-electron chi connectivity index (χ2n) is 6.45. The third-order valence-corrected chi connectivity index (χ3v) is 5.20. The predicted octanol–water partition coefficient (Wildman–Crippen LogP) is 2.87. The molecule has 0 radical (unpaired) electrons. The van der Waals surface area contributed by atoms with Crippen LogP contribution >= 0.6 is 15.9 Å². The highest BCUT2D eigenvalue weighted by molar-refractivity contribution is 9.10. The number of hydrogen-bond acceptors (Lipinski definition) is 5. The molecule has 1 heterocycles. The van der Waals surface area contributed by atoms with Crippen LogP contribution in [0.1, 0.15) is 11.3 Å². The number of ether oxygens (including phenoxy) is 2. The second-order valence-corrected chi connectivity index (χ2v) is 7.30. The van der Waals surface area contributed by atoms with E-state index in [9.17, 15) is 9.59 Å². The molecule has 0 spiro atoms. The molecular weight excluding hydrogens is 452 g/mol. The molecule has 0 fully saturated rings. The van der Waals surface area contributed by atoms with E-state index in [4.69, 9.17) is 15.2 Å². The Labute approximate surface area is 181 Å². The number of aliphatic imine (C=N–C) groups is 1. The van der Waals surface area contributed by atoms with Gasteiger partial charge in [0.2, 0.25) is 0 Å². The third-order valence-electron chi connectivity index (χ3n) is 4.51. The Morgan fingerprint density at radius 1 is 1.23 bits per heavy atom. The first kappa shape index (κ1) is 21.4. The summed E-state index contributed by atoms with van der Waals surface area (Å²) in [6.07, 6.45) is 1.57. The van der Waals surface area contributed by atoms with Crippen molar-refractivity contribution in [2.75, 3.05) is 13.7 Å². The summed E-state index contributed by atoms with van der Waals surface area (Å²) in [5.74, 6) is 0.183. The van der Waals surface area contributed by atoms with Gasteiger partial charge in [0, 0.05) is 23.3 Å². The van der Waals surface area contributed by atoms with Crippen LogP contribution in [-0.2, 0) is 11.8 Å². The number of amides is 1. The number of aromatic nitrogens is 2. The number of carbonyl (C=O) groups is 1. The van der Waals surface area contributed by atoms with Crippen LogP contribution in [0.2, 0.25) is 0 Å². The van der Waals surface area contributed by atoms with Crippen LogP contribution in [0, 0.1) is 6.92 Å². The van der Waals surface area contributed by atoms with E-state index in [0.717, 1.165) is 11.4 Å². The van der Waals surface area contributed by atoms with Crippen molar-refractivity contribution < 1.29 is 14.3 Å². The molecule has 0 aliphatic heterocycles. The average molecular weight is 473 g/mol. The number of hydrogen-bond donors (Lipinski definition) is 1. The lowest BCUT2D eigenvalue weighted by molar-refractivity contribution is -0.119. The minimum absolute atomic E-state index is 0.220. The fraction of sp³-hybridized carbons (Fsp3) is 0.190. The number of benzene rings is 2. The van der Waals surface area contributed by atoms with Gasteiger partial charge >= 0.3 is 0 Å². The number of nitrogens with zero attached hydrogens (tertiary/aromatic N) is 3. The quantitative estimate of drug-likeness (QED) is 0.534. The molecule has 0 saturated heterocycles. The normalized spacial score (nSPS) is 11.1. The number of carbonyl (C=O) groups excluding carboxylic acids is 1. The van der Waals surface area contributed by atoms with Crippen molar-refractivity contribution in [3.63, 3.8) is 0 Å². The summed E-state index contributed by atoms with van der Waals surface area (Å²) in [4.78, 5) is 28.4. The fourth-order valence-electron chi connectivity index (χ4n) is 2.91. The largest absolute Gasteiger partial charge is 0.493 e. The van der Waals surface area contributed by atoms with Gasteiger partial charge in [-0.1, -0.05) is 18.2 Å². The zero-order valence-electron chi connectivity index (χ0n) is 16.8. The number of primary amides is 1. The van der Waals surface area contributed by atoms with Crippen LogP contribution < -0.4 is 20.8 Å². The molecule has 0 saturated carbocycles. The Morgan fingerprint density at radius 2 is 1.93 bits per heavy atom. The summed E-state index contributed by atoms with van der Waals surface area (Å²) in [5, 5.41) is 0. The number of methoxy groups -OCH3 is 1. The summed E-state index contributed by atoms with van der Waals surface area (Å²) in [5.41, 5.74) is 7.40. The molecule has 9 heteroatoms. The average Bonchev–Trinajstić information content (AvgIpc) is 2.94. The highest BCUT2D eigenvalue weighted by atomic mass is 79.9. The summed E-state index contributed by atoms with van der Waals surface area (Å²) < 4.78 is 14.7. The monoisotopic (exact) mass is 472 g/mol. The molecule has 0 aliphatic rings. The van der Waals surface area contributed by atoms with E-state index >= 15 is 0 Å². The van der Waals surface area contributed by atoms with Gasteiger partial charge in [-0.15, -0.1) is 0 Å². The predicted molar refractivity (Wildman–Crippen MR) is 118 cm³/mol. The van der Waals surface area contributed by atoms with Crippen LogP contribution in [0.15, 0.2) is 56.7 Å². The highest BCUT2D eigenvalue weighted by Gasteiger charge is 2.16. The maximum atomic E-state index is 13.0. The van der Waals surface area contributed by atoms with Crippen molar-refractivity contribution in [1.29, 1.82) is 0 Å². The second kappa shape index (κ2) is 9.00. The van der Waals surface area contributed by atoms with Gasteiger partial charge in [-0.05, 0) is 47.1 Å². The van der Waals surface area contributed by atoms with Gasteiger partial charge < -0.3 is 15.2 Å². The lowest BCUT2D eigenvalue weighted by atomic mass is 10.2. The molecule has 0 unspecified atom stereocenters. The highest BCUT2D eigenvalue weighted by Crippen LogP contribution is 2.33. The van der Waals surface area contributed by atoms with E-state index in [0.29, 0.717) is 27.2 Å². The standard InChI is InChI=1S/C21H21BrN4O4/c1-13-20(21(28)26(25(13)2)15-7-5-4-6-8-15)24-11-14-9-17(29-3)18(10-16(14)22)30-12-19(23)27/h4-11H,12H2,1-3H3,(H2,23,27). The first-order chi connectivity index (χ1) is 14.3. The van der Waals surface area contributed by atoms with E-state index in [2.05, 4.69) is 20.9 Å². The van der Waals surface area contributed by atoms with Crippen molar-refractivity contribution in [2.45, 2.75) is 6.92 Å². The van der Waals surface area contributed by atoms with Crippen LogP contribution in [0.4, 0.5) is 5.69 Å². The first-order valence-corrected chi connectivity index (χ1v) is 9.79. The van der Waals surface area contributed by atoms with Crippen LogP contribution in [0.5, 0.6) is 11.5 Å². The Kier molecular flexibility index (Phi) is 6.41. The van der Waals surface area contributed by atoms with E-state index in [1.54, 1.807) is 27.7 Å². The summed E-state index contributed by atoms with van der Waals surface area (Å²) in [7, 11) is 3.30. The molecule has 8 nitrogen and oxygen atoms in total. The molecule has 1 amide bonds. The molecule has 1 aromatic heterocycles. The number of para-hydroxylation sites is 1. The smallest absolute Gasteiger partial charge is 0.297 e. The molecular formula is C21H21BrN4O4. The Hall–Kier alpha value is -3.33. The Balaban J connectivity index is 1.98. The molecule has 3 aromatic rings. The van der Waals surface area contributed by atoms with Crippen molar-refractivity contribution >= 4 is 33.7 Å². The van der Waals surface area contributed by atoms with E-state index in [1.165, 1.54) is 7.11 Å². The van der Waals surface area contributed by atoms with E-state index in [1.807, 2.05) is 44.3 Å². The summed E-state index contributed by atoms with van der Waals surface area (Å²) in [6.45, 7) is 1.57. The minimum atomic E-state index is -0.590. The maximum absolute atomic E-state index is 13.0. The zero-order valence-corrected chi connectivity index (χ0v) is 18.3. The van der Waals surface area contributed by atoms with Gasteiger partial charge in [0.25, 0.3) is 11.5 Å². The number of rotatable bonds is 7. The van der Waals surface area contributed by atoms with Gasteiger partial charge in [-0.2, -0.15) is 0 Å². The van der Waals surface area contributed by atoms with Crippen molar-refractivity contribution in [1.82, 2.24) is 9.36 Å². The summed E-state index contributed by atoms with van der Waals surface area (Å²) in [6, 6.07) is 12.7. The van der Waals surface area contributed by atoms with E-state index < -0.39 is 5.91 Å². The first-order valence-electron chi connectivity index (χ1n) is 9.00. The maximum Gasteiger partial charge on any atom is 0.297 e. The summed E-state index contributed by atoms with van der Waals surface area (Å²) >= 11 is 3.45. The van der Waals surface area contributed by atoms with Gasteiger partial charge in [0.1, 0.15) is 0 Å². The molecule has 3 rings (SSSR count). The minimum Gasteiger partial charge on any atom is -0.493 e. The van der Waals surface area contributed by atoms with Crippen molar-refractivity contribution in [2.24, 2.45) is 17.8 Å². The van der Waals surface area contributed by atoms with Crippen molar-refractivity contribution in [3.8, 4) is 17.2 Å². The fourth-order valence-corrected chi connectivity index (χ4v) is 3.33. The molecule has 0 atom stereocenters. The molecule has 2 aromatic carbocycles. The topological polar surface area (TPSA) is 101 Å². The molecule has 2 N–H and O–H groups in total. The van der Waals surface area contributed by atoms with Crippen LogP contribution in [0.25, 0.3) is 5.69 Å². The number of halogens is 1. The number of nitrogens with two attached hydrogens (primary N) is 1. The van der Waals surface area contributed by atoms with Crippen molar-refractivity contribution in [3.05, 3.63) is 68.5 Å². The van der Waals surface area contributed by atoms with Gasteiger partial charge in [-0.25, -0.2) is 9.67 Å². The molecule has 30 heavy (non-hydrogen) atoms. The lowest BCUT2D eigenvalue weighted by Crippen LogP contribution is -2.20. The SMILES string of the molecule is COc1cc(C=Nc2c(C)n(C)n(-c3ccccc3)c2=O)c(Br)cc1OCC(N)=O.